The van der Waals surface area contributed by atoms with E-state index < -0.39 is 0 Å². The molecule has 7 aliphatic heterocycles. The number of anilines is 4. The highest BCUT2D eigenvalue weighted by Crippen LogP contribution is 2.69. The third kappa shape index (κ3) is 1.83. The number of aromatic nitrogens is 2. The van der Waals surface area contributed by atoms with Crippen LogP contribution in [0.4, 0.5) is 22.7 Å². The summed E-state index contributed by atoms with van der Waals surface area (Å²) in [5, 5.41) is 5.76. The number of fused-ring (bicyclic) bond motifs is 11. The van der Waals surface area contributed by atoms with Crippen molar-refractivity contribution in [1.82, 2.24) is 9.13 Å². The Morgan fingerprint density at radius 2 is 0.833 bits per heavy atom. The van der Waals surface area contributed by atoms with Gasteiger partial charge in [0.05, 0.1) is 46.6 Å². The molecule has 1 aliphatic carbocycles. The van der Waals surface area contributed by atoms with E-state index in [0.29, 0.717) is 49.2 Å². The predicted molar refractivity (Wildman–Crippen MR) is 198 cm³/mol. The first kappa shape index (κ1) is 22.3. The second-order valence-electron chi connectivity index (χ2n) is 15.9. The number of benzene rings is 6. The van der Waals surface area contributed by atoms with E-state index in [-0.39, 0.29) is 0 Å². The third-order valence-corrected chi connectivity index (χ3v) is 14.7. The van der Waals surface area contributed by atoms with Gasteiger partial charge in [-0.3, -0.25) is 0 Å². The average molecular weight is 606 g/mol. The van der Waals surface area contributed by atoms with Gasteiger partial charge in [-0.15, -0.1) is 0 Å². The van der Waals surface area contributed by atoms with Crippen LogP contribution in [0.3, 0.4) is 0 Å². The Hall–Kier alpha value is -5.35. The summed E-state index contributed by atoms with van der Waals surface area (Å²) in [6, 6.07) is 44.7. The van der Waals surface area contributed by atoms with E-state index in [2.05, 4.69) is 128 Å². The van der Waals surface area contributed by atoms with Crippen molar-refractivity contribution in [3.8, 4) is 11.1 Å². The molecule has 6 atom stereocenters. The zero-order chi connectivity index (χ0) is 30.0. The Morgan fingerprint density at radius 3 is 1.38 bits per heavy atom. The maximum atomic E-state index is 2.93. The smallest absolute Gasteiger partial charge is 0.223 e. The van der Waals surface area contributed by atoms with Crippen molar-refractivity contribution in [2.75, 3.05) is 9.80 Å². The molecule has 4 nitrogen and oxygen atoms in total. The van der Waals surface area contributed by atoms with Gasteiger partial charge in [-0.05, 0) is 58.0 Å². The molecule has 48 heavy (non-hydrogen) atoms. The summed E-state index contributed by atoms with van der Waals surface area (Å²) >= 11 is 0. The lowest BCUT2D eigenvalue weighted by molar-refractivity contribution is 0.203. The molecule has 9 heterocycles. The minimum absolute atomic E-state index is 0.350. The molecule has 8 aromatic rings. The third-order valence-electron chi connectivity index (χ3n) is 14.7. The second-order valence-corrected chi connectivity index (χ2v) is 15.9. The molecule has 0 saturated heterocycles. The summed E-state index contributed by atoms with van der Waals surface area (Å²) in [6.45, 7) is 0.773. The van der Waals surface area contributed by atoms with Gasteiger partial charge in [-0.2, -0.15) is 0 Å². The van der Waals surface area contributed by atoms with Crippen LogP contribution in [0.5, 0.6) is 0 Å². The highest BCUT2D eigenvalue weighted by molar-refractivity contribution is 6.95. The summed E-state index contributed by atoms with van der Waals surface area (Å²) in [5.74, 6) is 0.903. The van der Waals surface area contributed by atoms with Crippen LogP contribution >= 0.6 is 0 Å². The number of hydrogen-bond acceptors (Lipinski definition) is 2. The molecule has 2 aromatic heterocycles. The Morgan fingerprint density at radius 1 is 0.375 bits per heavy atom. The van der Waals surface area contributed by atoms with Crippen molar-refractivity contribution in [2.45, 2.75) is 35.8 Å². The zero-order valence-electron chi connectivity index (χ0n) is 25.8. The molecule has 218 valence electrons. The molecule has 1 saturated carbocycles. The van der Waals surface area contributed by atoms with Gasteiger partial charge in [0.15, 0.2) is 0 Å². The summed E-state index contributed by atoms with van der Waals surface area (Å²) in [7, 11) is 0. The van der Waals surface area contributed by atoms with Gasteiger partial charge >= 0.3 is 0 Å². The van der Waals surface area contributed by atoms with Crippen LogP contribution < -0.4 is 31.7 Å². The molecular formula is C42H24B2N4. The van der Waals surface area contributed by atoms with Gasteiger partial charge in [0.2, 0.25) is 13.4 Å². The molecule has 0 radical (unpaired) electrons. The highest BCUT2D eigenvalue weighted by atomic mass is 15.3. The molecule has 16 rings (SSSR count). The summed E-state index contributed by atoms with van der Waals surface area (Å²) in [5.41, 5.74) is 20.9. The quantitative estimate of drug-likeness (QED) is 0.188. The first-order chi connectivity index (χ1) is 23.9. The largest absolute Gasteiger partial charge is 0.335 e. The molecule has 8 aliphatic rings. The first-order valence-corrected chi connectivity index (χ1v) is 17.9. The van der Waals surface area contributed by atoms with Gasteiger partial charge in [0.1, 0.15) is 0 Å². The first-order valence-electron chi connectivity index (χ1n) is 17.9. The summed E-state index contributed by atoms with van der Waals surface area (Å²) < 4.78 is 5.87. The predicted octanol–water partition coefficient (Wildman–Crippen LogP) is 6.33. The van der Waals surface area contributed by atoms with Crippen LogP contribution in [0, 0.1) is 0 Å². The monoisotopic (exact) mass is 606 g/mol. The number of rotatable bonds is 0. The van der Waals surface area contributed by atoms with Crippen LogP contribution in [0.15, 0.2) is 109 Å². The van der Waals surface area contributed by atoms with Crippen molar-refractivity contribution >= 4 is 102 Å². The van der Waals surface area contributed by atoms with Gasteiger partial charge in [-0.1, -0.05) is 95.9 Å². The Balaban J connectivity index is 1.22. The lowest BCUT2D eigenvalue weighted by Crippen LogP contribution is -2.76. The van der Waals surface area contributed by atoms with Crippen LogP contribution in [0.2, 0.25) is 11.6 Å². The van der Waals surface area contributed by atoms with E-state index in [4.69, 9.17) is 0 Å². The number of para-hydroxylation sites is 4. The van der Waals surface area contributed by atoms with E-state index in [1.165, 1.54) is 88.4 Å². The van der Waals surface area contributed by atoms with E-state index in [0.717, 1.165) is 0 Å². The summed E-state index contributed by atoms with van der Waals surface area (Å²) in [4.78, 5) is 5.74. The van der Waals surface area contributed by atoms with E-state index in [1.807, 2.05) is 0 Å². The lowest BCUT2D eigenvalue weighted by atomic mass is 9.21. The van der Waals surface area contributed by atoms with Crippen molar-refractivity contribution in [3.63, 3.8) is 0 Å². The number of hydrogen-bond donors (Lipinski definition) is 0. The molecule has 0 bridgehead atoms. The van der Waals surface area contributed by atoms with Gasteiger partial charge < -0.3 is 18.9 Å². The minimum Gasteiger partial charge on any atom is -0.335 e. The number of nitrogens with zero attached hydrogens (tertiary/aromatic N) is 4. The molecule has 6 aromatic carbocycles. The standard InChI is InChI=1S/C42H24B2N4/c1-3-11-27-25(9-1)43-26-10-2-4-12-28(26)46-30-14-6-8-22-24-18-16-20-19-15-17-23-21-7-5-13-29-35(21)47-37(23)31(19)44-32(20)38(24)48(36(22)30)42-34(44)41(47)39(45(27)29)33(43)40(42)46/h1-18,33-34,39-42H/t33?,34?,39?,40?,41-,42?/m0/s1. The molecule has 6 heteroatoms. The lowest BCUT2D eigenvalue weighted by Gasteiger charge is -2.68. The summed E-state index contributed by atoms with van der Waals surface area (Å²) in [6.07, 6.45) is 0. The fraction of sp³-hybridized carbons (Fsp3) is 0.143. The van der Waals surface area contributed by atoms with Crippen molar-refractivity contribution in [3.05, 3.63) is 109 Å². The van der Waals surface area contributed by atoms with E-state index in [1.54, 1.807) is 10.9 Å². The fourth-order valence-corrected chi connectivity index (χ4v) is 13.8. The SMILES string of the molecule is c1ccc2c(c1)B1c3ccccc3N3c4cccc5c6ccc7c8c6n(c45)[C@H]4C5B8c6c-7ccc7c8cccc9c8n(c67)C5C(C1C43)N29. The second kappa shape index (κ2) is 6.53. The molecule has 0 N–H and O–H groups in total. The molecule has 0 spiro atoms. The molecular weight excluding hydrogens is 582 g/mol. The van der Waals surface area contributed by atoms with Crippen LogP contribution in [0.25, 0.3) is 54.7 Å². The Bertz CT molecular complexity index is 2810. The zero-order valence-corrected chi connectivity index (χ0v) is 25.8. The Labute approximate surface area is 275 Å². The maximum absolute atomic E-state index is 2.93. The normalized spacial score (nSPS) is 27.0. The van der Waals surface area contributed by atoms with Crippen LogP contribution in [-0.4, -0.2) is 34.6 Å². The van der Waals surface area contributed by atoms with Gasteiger partial charge in [-0.25, -0.2) is 0 Å². The topological polar surface area (TPSA) is 16.3 Å². The van der Waals surface area contributed by atoms with E-state index >= 15 is 0 Å². The van der Waals surface area contributed by atoms with Gasteiger partial charge in [0, 0.05) is 44.0 Å². The minimum atomic E-state index is 0.350. The van der Waals surface area contributed by atoms with Crippen molar-refractivity contribution < 1.29 is 0 Å². The molecule has 5 unspecified atom stereocenters. The molecule has 0 amide bonds. The Kier molecular flexibility index (Phi) is 3.03. The van der Waals surface area contributed by atoms with Crippen molar-refractivity contribution in [2.24, 2.45) is 0 Å². The average Bonchev–Trinajstić information content (AvgIpc) is 3.78. The van der Waals surface area contributed by atoms with Crippen molar-refractivity contribution in [1.29, 1.82) is 0 Å². The molecule has 1 fully saturated rings. The van der Waals surface area contributed by atoms with E-state index in [9.17, 15) is 0 Å². The van der Waals surface area contributed by atoms with Crippen LogP contribution in [0.1, 0.15) is 12.1 Å². The fourth-order valence-electron chi connectivity index (χ4n) is 13.8. The maximum Gasteiger partial charge on any atom is 0.223 e. The van der Waals surface area contributed by atoms with Gasteiger partial charge in [0.25, 0.3) is 0 Å². The highest BCUT2D eigenvalue weighted by Gasteiger charge is 2.70. The van der Waals surface area contributed by atoms with Crippen LogP contribution in [-0.2, 0) is 0 Å².